The van der Waals surface area contributed by atoms with Crippen LogP contribution in [0.25, 0.3) is 20.5 Å². The number of halogens is 1. The van der Waals surface area contributed by atoms with Crippen LogP contribution in [0.3, 0.4) is 0 Å². The fraction of sp³-hybridized carbons (Fsp3) is 0.300. The molecule has 0 atom stereocenters. The van der Waals surface area contributed by atoms with Crippen LogP contribution in [0.4, 0.5) is 5.69 Å². The standard InChI is InChI=1S/C30H31ClN2O3S/c1-35-24-10-6-22(7-11-24)30-28(26-13-12-25(36-2)20-27(26)37-30)29(34)21-4-8-23(9-5-21)33-18-16-32(17-19-33)15-3-14-31/h4-13,20H,3,14-19H2,1-2H3. The zero-order valence-corrected chi connectivity index (χ0v) is 22.8. The van der Waals surface area contributed by atoms with E-state index in [1.54, 1.807) is 25.6 Å². The molecule has 1 fully saturated rings. The van der Waals surface area contributed by atoms with Gasteiger partial charge < -0.3 is 14.4 Å². The van der Waals surface area contributed by atoms with Gasteiger partial charge in [0, 0.05) is 63.8 Å². The minimum Gasteiger partial charge on any atom is -0.497 e. The molecule has 4 aromatic rings. The zero-order chi connectivity index (χ0) is 25.8. The summed E-state index contributed by atoms with van der Waals surface area (Å²) in [5.74, 6) is 2.30. The number of piperazine rings is 1. The Bertz CT molecular complexity index is 1360. The number of thiophene rings is 1. The molecule has 0 spiro atoms. The second-order valence-electron chi connectivity index (χ2n) is 9.14. The van der Waals surface area contributed by atoms with Gasteiger partial charge in [-0.1, -0.05) is 0 Å². The fourth-order valence-corrected chi connectivity index (χ4v) is 6.21. The van der Waals surface area contributed by atoms with E-state index >= 15 is 0 Å². The topological polar surface area (TPSA) is 42.0 Å². The Balaban J connectivity index is 1.43. The average Bonchev–Trinajstić information content (AvgIpc) is 3.34. The molecule has 0 amide bonds. The van der Waals surface area contributed by atoms with Crippen LogP contribution in [-0.4, -0.2) is 63.5 Å². The highest BCUT2D eigenvalue weighted by Crippen LogP contribution is 2.41. The minimum absolute atomic E-state index is 0.0275. The van der Waals surface area contributed by atoms with Crippen molar-refractivity contribution < 1.29 is 14.3 Å². The van der Waals surface area contributed by atoms with Crippen LogP contribution < -0.4 is 14.4 Å². The molecule has 192 valence electrons. The van der Waals surface area contributed by atoms with E-state index in [4.69, 9.17) is 21.1 Å². The van der Waals surface area contributed by atoms with E-state index in [1.807, 2.05) is 54.6 Å². The normalized spacial score (nSPS) is 14.2. The first-order valence-corrected chi connectivity index (χ1v) is 13.9. The van der Waals surface area contributed by atoms with Crippen molar-refractivity contribution in [3.63, 3.8) is 0 Å². The van der Waals surface area contributed by atoms with Crippen molar-refractivity contribution in [3.05, 3.63) is 77.9 Å². The molecule has 0 bridgehead atoms. The second kappa shape index (κ2) is 11.5. The van der Waals surface area contributed by atoms with Crippen LogP contribution in [0, 0.1) is 0 Å². The monoisotopic (exact) mass is 534 g/mol. The Hall–Kier alpha value is -3.06. The lowest BCUT2D eigenvalue weighted by Gasteiger charge is -2.36. The predicted molar refractivity (Wildman–Crippen MR) is 154 cm³/mol. The Morgan fingerprint density at radius 2 is 1.57 bits per heavy atom. The first-order chi connectivity index (χ1) is 18.1. The third kappa shape index (κ3) is 5.47. The average molecular weight is 535 g/mol. The first kappa shape index (κ1) is 25.6. The molecule has 0 aliphatic carbocycles. The lowest BCUT2D eigenvalue weighted by Crippen LogP contribution is -2.46. The van der Waals surface area contributed by atoms with Gasteiger partial charge in [0.15, 0.2) is 5.78 Å². The first-order valence-electron chi connectivity index (χ1n) is 12.5. The maximum absolute atomic E-state index is 13.9. The van der Waals surface area contributed by atoms with Crippen molar-refractivity contribution in [2.75, 3.05) is 57.7 Å². The van der Waals surface area contributed by atoms with Crippen LogP contribution in [0.15, 0.2) is 66.7 Å². The molecule has 37 heavy (non-hydrogen) atoms. The molecule has 0 saturated carbocycles. The van der Waals surface area contributed by atoms with Crippen molar-refractivity contribution in [1.82, 2.24) is 4.90 Å². The molecule has 5 nitrogen and oxygen atoms in total. The van der Waals surface area contributed by atoms with E-state index in [-0.39, 0.29) is 5.78 Å². The molecule has 1 aromatic heterocycles. The summed E-state index contributed by atoms with van der Waals surface area (Å²) in [6, 6.07) is 21.9. The van der Waals surface area contributed by atoms with Crippen LogP contribution in [-0.2, 0) is 0 Å². The summed E-state index contributed by atoms with van der Waals surface area (Å²) in [5, 5.41) is 0.943. The summed E-state index contributed by atoms with van der Waals surface area (Å²) in [5.41, 5.74) is 3.57. The maximum atomic E-state index is 13.9. The van der Waals surface area contributed by atoms with Crippen molar-refractivity contribution in [1.29, 1.82) is 0 Å². The molecule has 7 heteroatoms. The number of methoxy groups -OCH3 is 2. The molecule has 5 rings (SSSR count). The third-order valence-corrected chi connectivity index (χ3v) is 8.42. The number of hydrogen-bond acceptors (Lipinski definition) is 6. The minimum atomic E-state index is 0.0275. The molecule has 1 aliphatic rings. The van der Waals surface area contributed by atoms with Gasteiger partial charge in [-0.15, -0.1) is 22.9 Å². The van der Waals surface area contributed by atoms with Gasteiger partial charge in [0.25, 0.3) is 0 Å². The van der Waals surface area contributed by atoms with Gasteiger partial charge in [-0.25, -0.2) is 0 Å². The highest BCUT2D eigenvalue weighted by molar-refractivity contribution is 7.22. The molecule has 1 saturated heterocycles. The Morgan fingerprint density at radius 3 is 2.22 bits per heavy atom. The maximum Gasteiger partial charge on any atom is 0.195 e. The van der Waals surface area contributed by atoms with Crippen molar-refractivity contribution in [2.24, 2.45) is 0 Å². The quantitative estimate of drug-likeness (QED) is 0.179. The Labute approximate surface area is 227 Å². The third-order valence-electron chi connectivity index (χ3n) is 6.95. The van der Waals surface area contributed by atoms with E-state index in [0.717, 1.165) is 82.4 Å². The SMILES string of the molecule is COc1ccc(-c2sc3cc(OC)ccc3c2C(=O)c2ccc(N3CCN(CCCCl)CC3)cc2)cc1. The summed E-state index contributed by atoms with van der Waals surface area (Å²) in [7, 11) is 3.31. The Kier molecular flexibility index (Phi) is 7.99. The number of anilines is 1. The number of ketones is 1. The molecule has 0 radical (unpaired) electrons. The lowest BCUT2D eigenvalue weighted by molar-refractivity contribution is 0.104. The lowest BCUT2D eigenvalue weighted by atomic mass is 9.97. The van der Waals surface area contributed by atoms with Gasteiger partial charge in [0.1, 0.15) is 11.5 Å². The number of alkyl halides is 1. The highest BCUT2D eigenvalue weighted by atomic mass is 35.5. The summed E-state index contributed by atoms with van der Waals surface area (Å²) in [6.07, 6.45) is 1.03. The molecule has 3 aromatic carbocycles. The Morgan fingerprint density at radius 1 is 0.892 bits per heavy atom. The van der Waals surface area contributed by atoms with E-state index in [0.29, 0.717) is 11.4 Å². The van der Waals surface area contributed by atoms with E-state index in [9.17, 15) is 4.79 Å². The van der Waals surface area contributed by atoms with Gasteiger partial charge in [0.2, 0.25) is 0 Å². The smallest absolute Gasteiger partial charge is 0.195 e. The van der Waals surface area contributed by atoms with Crippen LogP contribution in [0.5, 0.6) is 11.5 Å². The fourth-order valence-electron chi connectivity index (χ4n) is 4.86. The molecule has 0 N–H and O–H groups in total. The molecule has 1 aliphatic heterocycles. The summed E-state index contributed by atoms with van der Waals surface area (Å²) in [6.45, 7) is 5.09. The van der Waals surface area contributed by atoms with Gasteiger partial charge in [0.05, 0.1) is 14.2 Å². The number of nitrogens with zero attached hydrogens (tertiary/aromatic N) is 2. The number of carbonyl (C=O) groups excluding carboxylic acids is 1. The van der Waals surface area contributed by atoms with E-state index < -0.39 is 0 Å². The van der Waals surface area contributed by atoms with Gasteiger partial charge in [-0.3, -0.25) is 9.69 Å². The van der Waals surface area contributed by atoms with Crippen molar-refractivity contribution >= 4 is 44.5 Å². The number of fused-ring (bicyclic) bond motifs is 1. The van der Waals surface area contributed by atoms with Gasteiger partial charge in [-0.05, 0) is 85.3 Å². The van der Waals surface area contributed by atoms with Crippen LogP contribution in [0.1, 0.15) is 22.3 Å². The molecular formula is C30H31ClN2O3S. The number of rotatable bonds is 9. The van der Waals surface area contributed by atoms with E-state index in [1.165, 1.54) is 0 Å². The molecule has 0 unspecified atom stereocenters. The van der Waals surface area contributed by atoms with E-state index in [2.05, 4.69) is 21.9 Å². The van der Waals surface area contributed by atoms with Crippen molar-refractivity contribution in [2.45, 2.75) is 6.42 Å². The summed E-state index contributed by atoms with van der Waals surface area (Å²) >= 11 is 7.46. The highest BCUT2D eigenvalue weighted by Gasteiger charge is 2.23. The summed E-state index contributed by atoms with van der Waals surface area (Å²) in [4.78, 5) is 19.8. The largest absolute Gasteiger partial charge is 0.497 e. The number of hydrogen-bond donors (Lipinski definition) is 0. The van der Waals surface area contributed by atoms with Gasteiger partial charge in [-0.2, -0.15) is 0 Å². The molecular weight excluding hydrogens is 504 g/mol. The zero-order valence-electron chi connectivity index (χ0n) is 21.2. The van der Waals surface area contributed by atoms with Gasteiger partial charge >= 0.3 is 0 Å². The molecule has 2 heterocycles. The number of benzene rings is 3. The van der Waals surface area contributed by atoms with Crippen LogP contribution >= 0.6 is 22.9 Å². The summed E-state index contributed by atoms with van der Waals surface area (Å²) < 4.78 is 11.8. The predicted octanol–water partition coefficient (Wildman–Crippen LogP) is 6.57. The second-order valence-corrected chi connectivity index (χ2v) is 10.6. The van der Waals surface area contributed by atoms with Crippen LogP contribution in [0.2, 0.25) is 0 Å². The van der Waals surface area contributed by atoms with Crippen molar-refractivity contribution in [3.8, 4) is 21.9 Å². The number of carbonyl (C=O) groups is 1. The number of ether oxygens (including phenoxy) is 2.